The maximum atomic E-state index is 13.5. The number of benzene rings is 2. The van der Waals surface area contributed by atoms with Crippen LogP contribution >= 0.6 is 0 Å². The van der Waals surface area contributed by atoms with Gasteiger partial charge < -0.3 is 14.8 Å². The number of carbonyl (C=O) groups excluding carboxylic acids is 3. The molecule has 0 fully saturated rings. The summed E-state index contributed by atoms with van der Waals surface area (Å²) >= 11 is 0. The molecular formula is C21H21FN2O5. The van der Waals surface area contributed by atoms with E-state index in [1.165, 1.54) is 11.0 Å². The van der Waals surface area contributed by atoms with Crippen molar-refractivity contribution in [1.82, 2.24) is 5.32 Å². The predicted octanol–water partition coefficient (Wildman–Crippen LogP) is 1.84. The number of rotatable bonds is 7. The maximum absolute atomic E-state index is 13.5. The second-order valence-corrected chi connectivity index (χ2v) is 6.40. The summed E-state index contributed by atoms with van der Waals surface area (Å²) in [4.78, 5) is 37.6. The number of amides is 2. The van der Waals surface area contributed by atoms with E-state index in [1.54, 1.807) is 42.5 Å². The van der Waals surface area contributed by atoms with Crippen molar-refractivity contribution in [2.75, 3.05) is 31.2 Å². The molecule has 2 amide bonds. The van der Waals surface area contributed by atoms with Crippen LogP contribution < -0.4 is 15.0 Å². The van der Waals surface area contributed by atoms with Gasteiger partial charge in [-0.2, -0.15) is 0 Å². The zero-order valence-electron chi connectivity index (χ0n) is 15.7. The van der Waals surface area contributed by atoms with Crippen molar-refractivity contribution in [3.63, 3.8) is 0 Å². The van der Waals surface area contributed by atoms with Gasteiger partial charge in [0, 0.05) is 6.54 Å². The molecule has 7 nitrogen and oxygen atoms in total. The lowest BCUT2D eigenvalue weighted by Crippen LogP contribution is -2.37. The van der Waals surface area contributed by atoms with Crippen LogP contribution in [0.25, 0.3) is 0 Å². The Balaban J connectivity index is 1.46. The molecule has 2 aromatic rings. The van der Waals surface area contributed by atoms with E-state index >= 15 is 0 Å². The Morgan fingerprint density at radius 3 is 2.72 bits per heavy atom. The third kappa shape index (κ3) is 5.54. The first-order chi connectivity index (χ1) is 14.0. The molecule has 0 spiro atoms. The van der Waals surface area contributed by atoms with Gasteiger partial charge in [0.1, 0.15) is 18.1 Å². The van der Waals surface area contributed by atoms with Gasteiger partial charge in [0.2, 0.25) is 5.91 Å². The van der Waals surface area contributed by atoms with E-state index in [2.05, 4.69) is 5.32 Å². The van der Waals surface area contributed by atoms with Gasteiger partial charge in [-0.05, 0) is 30.2 Å². The quantitative estimate of drug-likeness (QED) is 0.717. The first-order valence-electron chi connectivity index (χ1n) is 9.22. The standard InChI is InChI=1S/C21H21FN2O5/c22-16-6-2-1-5-15(16)9-11-23-19(25)14-29-21(27)13-24-17-7-3-4-8-18(17)28-12-10-20(24)26/h1-8H,9-14H2,(H,23,25). The zero-order valence-corrected chi connectivity index (χ0v) is 15.7. The van der Waals surface area contributed by atoms with Crippen molar-refractivity contribution in [3.05, 3.63) is 59.9 Å². The second-order valence-electron chi connectivity index (χ2n) is 6.40. The van der Waals surface area contributed by atoms with Crippen LogP contribution in [0.3, 0.4) is 0 Å². The highest BCUT2D eigenvalue weighted by Gasteiger charge is 2.25. The van der Waals surface area contributed by atoms with E-state index in [-0.39, 0.29) is 37.8 Å². The van der Waals surface area contributed by atoms with Crippen LogP contribution in [-0.4, -0.2) is 44.1 Å². The van der Waals surface area contributed by atoms with Crippen LogP contribution in [0.1, 0.15) is 12.0 Å². The number of hydrogen-bond acceptors (Lipinski definition) is 5. The van der Waals surface area contributed by atoms with E-state index < -0.39 is 18.5 Å². The Morgan fingerprint density at radius 2 is 1.90 bits per heavy atom. The lowest BCUT2D eigenvalue weighted by Gasteiger charge is -2.20. The predicted molar refractivity (Wildman–Crippen MR) is 103 cm³/mol. The number of halogens is 1. The Bertz CT molecular complexity index is 902. The monoisotopic (exact) mass is 400 g/mol. The highest BCUT2D eigenvalue weighted by molar-refractivity contribution is 5.99. The van der Waals surface area contributed by atoms with Crippen LogP contribution in [0.15, 0.2) is 48.5 Å². The van der Waals surface area contributed by atoms with E-state index in [0.29, 0.717) is 23.4 Å². The Kier molecular flexibility index (Phi) is 6.78. The van der Waals surface area contributed by atoms with Crippen molar-refractivity contribution >= 4 is 23.5 Å². The average molecular weight is 400 g/mol. The van der Waals surface area contributed by atoms with Crippen LogP contribution in [0.5, 0.6) is 5.75 Å². The van der Waals surface area contributed by atoms with E-state index in [9.17, 15) is 18.8 Å². The van der Waals surface area contributed by atoms with Crippen LogP contribution in [0.4, 0.5) is 10.1 Å². The minimum Gasteiger partial charge on any atom is -0.491 e. The van der Waals surface area contributed by atoms with Gasteiger partial charge in [0.25, 0.3) is 5.91 Å². The fraction of sp³-hybridized carbons (Fsp3) is 0.286. The lowest BCUT2D eigenvalue weighted by molar-refractivity contribution is -0.147. The van der Waals surface area contributed by atoms with E-state index in [1.807, 2.05) is 0 Å². The lowest BCUT2D eigenvalue weighted by atomic mass is 10.1. The fourth-order valence-electron chi connectivity index (χ4n) is 2.90. The number of hydrogen-bond donors (Lipinski definition) is 1. The molecule has 0 atom stereocenters. The highest BCUT2D eigenvalue weighted by atomic mass is 19.1. The molecule has 3 rings (SSSR count). The minimum absolute atomic E-state index is 0.137. The first kappa shape index (κ1) is 20.3. The number of anilines is 1. The molecule has 0 aromatic heterocycles. The number of esters is 1. The Morgan fingerprint density at radius 1 is 1.14 bits per heavy atom. The number of nitrogens with one attached hydrogen (secondary N) is 1. The zero-order chi connectivity index (χ0) is 20.6. The van der Waals surface area contributed by atoms with Crippen molar-refractivity contribution < 1.29 is 28.2 Å². The van der Waals surface area contributed by atoms with Crippen molar-refractivity contribution in [3.8, 4) is 5.75 Å². The summed E-state index contributed by atoms with van der Waals surface area (Å²) in [6, 6.07) is 13.2. The fourth-order valence-corrected chi connectivity index (χ4v) is 2.90. The summed E-state index contributed by atoms with van der Waals surface area (Å²) in [5, 5.41) is 2.57. The topological polar surface area (TPSA) is 84.9 Å². The molecule has 8 heteroatoms. The number of carbonyl (C=O) groups is 3. The maximum Gasteiger partial charge on any atom is 0.326 e. The third-order valence-corrected chi connectivity index (χ3v) is 4.36. The minimum atomic E-state index is -0.709. The summed E-state index contributed by atoms with van der Waals surface area (Å²) in [6.07, 6.45) is 0.462. The average Bonchev–Trinajstić information content (AvgIpc) is 2.87. The first-order valence-corrected chi connectivity index (χ1v) is 9.22. The summed E-state index contributed by atoms with van der Waals surface area (Å²) < 4.78 is 24.0. The smallest absolute Gasteiger partial charge is 0.326 e. The molecule has 1 heterocycles. The van der Waals surface area contributed by atoms with Crippen LogP contribution in [0, 0.1) is 5.82 Å². The van der Waals surface area contributed by atoms with Gasteiger partial charge in [0.05, 0.1) is 18.7 Å². The molecule has 1 aliphatic heterocycles. The van der Waals surface area contributed by atoms with E-state index in [4.69, 9.17) is 9.47 Å². The molecular weight excluding hydrogens is 379 g/mol. The summed E-state index contributed by atoms with van der Waals surface area (Å²) in [5.41, 5.74) is 0.978. The van der Waals surface area contributed by atoms with Crippen LogP contribution in [0.2, 0.25) is 0 Å². The third-order valence-electron chi connectivity index (χ3n) is 4.36. The SMILES string of the molecule is O=C(COC(=O)CN1C(=O)CCOc2ccccc21)NCCc1ccccc1F. The molecule has 0 aliphatic carbocycles. The molecule has 1 aliphatic rings. The Labute approximate surface area is 167 Å². The number of fused-ring (bicyclic) bond motifs is 1. The van der Waals surface area contributed by atoms with Gasteiger partial charge >= 0.3 is 5.97 Å². The van der Waals surface area contributed by atoms with Gasteiger partial charge in [-0.15, -0.1) is 0 Å². The molecule has 0 unspecified atom stereocenters. The van der Waals surface area contributed by atoms with Gasteiger partial charge in [-0.25, -0.2) is 4.39 Å². The molecule has 2 aromatic carbocycles. The van der Waals surface area contributed by atoms with Crippen molar-refractivity contribution in [2.24, 2.45) is 0 Å². The van der Waals surface area contributed by atoms with Gasteiger partial charge in [-0.1, -0.05) is 30.3 Å². The number of nitrogens with zero attached hydrogens (tertiary/aromatic N) is 1. The van der Waals surface area contributed by atoms with Gasteiger partial charge in [0.15, 0.2) is 6.61 Å². The summed E-state index contributed by atoms with van der Waals surface area (Å²) in [7, 11) is 0. The molecule has 1 N–H and O–H groups in total. The van der Waals surface area contributed by atoms with Crippen molar-refractivity contribution in [1.29, 1.82) is 0 Å². The summed E-state index contributed by atoms with van der Waals surface area (Å²) in [5.74, 6) is -1.29. The highest BCUT2D eigenvalue weighted by Crippen LogP contribution is 2.30. The molecule has 0 radical (unpaired) electrons. The number of ether oxygens (including phenoxy) is 2. The molecule has 152 valence electrons. The van der Waals surface area contributed by atoms with Crippen LogP contribution in [-0.2, 0) is 25.5 Å². The van der Waals surface area contributed by atoms with E-state index in [0.717, 1.165) is 0 Å². The van der Waals surface area contributed by atoms with Crippen molar-refractivity contribution in [2.45, 2.75) is 12.8 Å². The normalized spacial score (nSPS) is 13.1. The largest absolute Gasteiger partial charge is 0.491 e. The molecule has 0 saturated carbocycles. The molecule has 29 heavy (non-hydrogen) atoms. The van der Waals surface area contributed by atoms with Gasteiger partial charge in [-0.3, -0.25) is 19.3 Å². The Hall–Kier alpha value is -3.42. The number of para-hydroxylation sites is 2. The summed E-state index contributed by atoms with van der Waals surface area (Å²) in [6.45, 7) is -0.351. The second kappa shape index (κ2) is 9.68. The molecule has 0 bridgehead atoms. The molecule has 0 saturated heterocycles.